The van der Waals surface area contributed by atoms with E-state index in [9.17, 15) is 17.2 Å². The van der Waals surface area contributed by atoms with E-state index in [0.717, 1.165) is 12.1 Å². The number of nitriles is 1. The highest BCUT2D eigenvalue weighted by molar-refractivity contribution is 7.89. The van der Waals surface area contributed by atoms with Gasteiger partial charge in [0.1, 0.15) is 5.69 Å². The lowest BCUT2D eigenvalue weighted by Gasteiger charge is -2.34. The predicted octanol–water partition coefficient (Wildman–Crippen LogP) is 2.13. The van der Waals surface area contributed by atoms with E-state index in [4.69, 9.17) is 5.26 Å². The van der Waals surface area contributed by atoms with Crippen molar-refractivity contribution in [2.45, 2.75) is 32.2 Å². The molecule has 1 aromatic carbocycles. The summed E-state index contributed by atoms with van der Waals surface area (Å²) < 4.78 is 54.2. The summed E-state index contributed by atoms with van der Waals surface area (Å²) in [5.41, 5.74) is -0.218. The fraction of sp³-hybridized carbons (Fsp3) is 0.533. The van der Waals surface area contributed by atoms with Gasteiger partial charge in [-0.1, -0.05) is 6.92 Å². The molecule has 1 aliphatic heterocycles. The summed E-state index contributed by atoms with van der Waals surface area (Å²) in [4.78, 5) is 1.55. The van der Waals surface area contributed by atoms with Crippen LogP contribution in [0.2, 0.25) is 0 Å². The van der Waals surface area contributed by atoms with Crippen LogP contribution in [0.5, 0.6) is 0 Å². The van der Waals surface area contributed by atoms with Gasteiger partial charge < -0.3 is 4.90 Å². The Labute approximate surface area is 135 Å². The van der Waals surface area contributed by atoms with Crippen molar-refractivity contribution in [3.05, 3.63) is 29.3 Å². The zero-order valence-corrected chi connectivity index (χ0v) is 13.7. The fourth-order valence-electron chi connectivity index (χ4n) is 2.73. The standard InChI is InChI=1S/C15H19F2N3O2S/c1-2-7-23(21,22)19-12-3-5-20(6-4-12)15-13(16)8-11(10-18)9-14(15)17/h8-9,12,19H,2-7H2,1H3. The third-order valence-corrected chi connectivity index (χ3v) is 5.41. The van der Waals surface area contributed by atoms with E-state index < -0.39 is 21.7 Å². The van der Waals surface area contributed by atoms with Gasteiger partial charge >= 0.3 is 0 Å². The number of hydrogen-bond acceptors (Lipinski definition) is 4. The number of sulfonamides is 1. The van der Waals surface area contributed by atoms with Crippen LogP contribution >= 0.6 is 0 Å². The zero-order valence-electron chi connectivity index (χ0n) is 12.8. The molecule has 0 atom stereocenters. The van der Waals surface area contributed by atoms with Crippen LogP contribution in [0.15, 0.2) is 12.1 Å². The van der Waals surface area contributed by atoms with Gasteiger partial charge in [-0.25, -0.2) is 21.9 Å². The van der Waals surface area contributed by atoms with E-state index in [1.54, 1.807) is 17.9 Å². The minimum Gasteiger partial charge on any atom is -0.367 e. The van der Waals surface area contributed by atoms with Gasteiger partial charge in [0.25, 0.3) is 0 Å². The molecule has 8 heteroatoms. The van der Waals surface area contributed by atoms with Crippen LogP contribution in [-0.4, -0.2) is 33.3 Å². The molecular weight excluding hydrogens is 324 g/mol. The lowest BCUT2D eigenvalue weighted by molar-refractivity contribution is 0.450. The molecule has 0 bridgehead atoms. The van der Waals surface area contributed by atoms with Crippen molar-refractivity contribution in [2.75, 3.05) is 23.7 Å². The van der Waals surface area contributed by atoms with E-state index in [1.807, 2.05) is 0 Å². The molecule has 0 radical (unpaired) electrons. The summed E-state index contributed by atoms with van der Waals surface area (Å²) in [6.07, 6.45) is 1.49. The van der Waals surface area contributed by atoms with Crippen LogP contribution in [-0.2, 0) is 10.0 Å². The molecule has 23 heavy (non-hydrogen) atoms. The first kappa shape index (κ1) is 17.6. The summed E-state index contributed by atoms with van der Waals surface area (Å²) in [6, 6.07) is 3.51. The van der Waals surface area contributed by atoms with Gasteiger partial charge in [0.05, 0.1) is 17.4 Å². The third-order valence-electron chi connectivity index (χ3n) is 3.78. The van der Waals surface area contributed by atoms with Gasteiger partial charge in [0.2, 0.25) is 10.0 Å². The molecular formula is C15H19F2N3O2S. The second-order valence-corrected chi connectivity index (χ2v) is 7.47. The maximum Gasteiger partial charge on any atom is 0.211 e. The first-order valence-corrected chi connectivity index (χ1v) is 9.15. The topological polar surface area (TPSA) is 73.2 Å². The number of hydrogen-bond donors (Lipinski definition) is 1. The normalized spacial score (nSPS) is 16.3. The van der Waals surface area contributed by atoms with E-state index in [2.05, 4.69) is 4.72 Å². The maximum absolute atomic E-state index is 14.0. The monoisotopic (exact) mass is 343 g/mol. The zero-order chi connectivity index (χ0) is 17.0. The van der Waals surface area contributed by atoms with E-state index in [1.165, 1.54) is 0 Å². The molecule has 2 rings (SSSR count). The summed E-state index contributed by atoms with van der Waals surface area (Å²) in [5, 5.41) is 8.71. The highest BCUT2D eigenvalue weighted by atomic mass is 32.2. The lowest BCUT2D eigenvalue weighted by atomic mass is 10.0. The molecule has 0 spiro atoms. The summed E-state index contributed by atoms with van der Waals surface area (Å²) in [6.45, 7) is 2.48. The van der Waals surface area contributed by atoms with Gasteiger partial charge in [-0.3, -0.25) is 0 Å². The average molecular weight is 343 g/mol. The molecule has 0 saturated carbocycles. The smallest absolute Gasteiger partial charge is 0.211 e. The minimum absolute atomic E-state index is 0.0639. The molecule has 126 valence electrons. The van der Waals surface area contributed by atoms with E-state index in [-0.39, 0.29) is 23.0 Å². The Hall–Kier alpha value is -1.72. The van der Waals surface area contributed by atoms with Gasteiger partial charge in [-0.05, 0) is 31.4 Å². The first-order valence-electron chi connectivity index (χ1n) is 7.50. The number of nitrogens with one attached hydrogen (secondary N) is 1. The molecule has 5 nitrogen and oxygen atoms in total. The molecule has 0 aliphatic carbocycles. The van der Waals surface area contributed by atoms with Crippen molar-refractivity contribution >= 4 is 15.7 Å². The predicted molar refractivity (Wildman–Crippen MR) is 83.5 cm³/mol. The van der Waals surface area contributed by atoms with Crippen molar-refractivity contribution in [3.63, 3.8) is 0 Å². The molecule has 1 aromatic rings. The average Bonchev–Trinajstić information content (AvgIpc) is 2.47. The number of rotatable bonds is 5. The second-order valence-electron chi connectivity index (χ2n) is 5.60. The Morgan fingerprint density at radius 1 is 1.30 bits per heavy atom. The summed E-state index contributed by atoms with van der Waals surface area (Å²) in [7, 11) is -3.29. The molecule has 1 N–H and O–H groups in total. The van der Waals surface area contributed by atoms with Crippen LogP contribution < -0.4 is 9.62 Å². The Morgan fingerprint density at radius 3 is 2.35 bits per heavy atom. The van der Waals surface area contributed by atoms with E-state index >= 15 is 0 Å². The number of halogens is 2. The van der Waals surface area contributed by atoms with Crippen LogP contribution in [0.1, 0.15) is 31.7 Å². The minimum atomic E-state index is -3.29. The summed E-state index contributed by atoms with van der Waals surface area (Å²) >= 11 is 0. The quantitative estimate of drug-likeness (QED) is 0.889. The van der Waals surface area contributed by atoms with Crippen molar-refractivity contribution in [3.8, 4) is 6.07 Å². The van der Waals surface area contributed by atoms with Crippen LogP contribution in [0.25, 0.3) is 0 Å². The Balaban J connectivity index is 2.04. The SMILES string of the molecule is CCCS(=O)(=O)NC1CCN(c2c(F)cc(C#N)cc2F)CC1. The number of benzene rings is 1. The lowest BCUT2D eigenvalue weighted by Crippen LogP contribution is -2.45. The highest BCUT2D eigenvalue weighted by Gasteiger charge is 2.26. The maximum atomic E-state index is 14.0. The first-order chi connectivity index (χ1) is 10.9. The van der Waals surface area contributed by atoms with Gasteiger partial charge in [-0.15, -0.1) is 0 Å². The molecule has 0 unspecified atom stereocenters. The van der Waals surface area contributed by atoms with Gasteiger partial charge in [0, 0.05) is 19.1 Å². The van der Waals surface area contributed by atoms with Crippen molar-refractivity contribution < 1.29 is 17.2 Å². The third kappa shape index (κ3) is 4.39. The number of nitrogens with zero attached hydrogens (tertiary/aromatic N) is 2. The Kier molecular flexibility index (Phi) is 5.55. The summed E-state index contributed by atoms with van der Waals surface area (Å²) in [5.74, 6) is -1.47. The fourth-order valence-corrected chi connectivity index (χ4v) is 4.13. The molecule has 1 aliphatic rings. The molecule has 0 aromatic heterocycles. The van der Waals surface area contributed by atoms with Crippen LogP contribution in [0, 0.1) is 23.0 Å². The molecule has 1 fully saturated rings. The Morgan fingerprint density at radius 2 is 1.87 bits per heavy atom. The highest BCUT2D eigenvalue weighted by Crippen LogP contribution is 2.27. The van der Waals surface area contributed by atoms with Crippen molar-refractivity contribution in [1.82, 2.24) is 4.72 Å². The van der Waals surface area contributed by atoms with Crippen molar-refractivity contribution in [2.24, 2.45) is 0 Å². The van der Waals surface area contributed by atoms with Crippen molar-refractivity contribution in [1.29, 1.82) is 5.26 Å². The van der Waals surface area contributed by atoms with Gasteiger partial charge in [0.15, 0.2) is 11.6 Å². The molecule has 0 amide bonds. The molecule has 1 heterocycles. The second kappa shape index (κ2) is 7.23. The number of piperidine rings is 1. The largest absolute Gasteiger partial charge is 0.367 e. The van der Waals surface area contributed by atoms with Crippen LogP contribution in [0.4, 0.5) is 14.5 Å². The Bertz CT molecular complexity index is 685. The van der Waals surface area contributed by atoms with Gasteiger partial charge in [-0.2, -0.15) is 5.26 Å². The molecule has 1 saturated heterocycles. The van der Waals surface area contributed by atoms with E-state index in [0.29, 0.717) is 32.4 Å². The number of anilines is 1. The van der Waals surface area contributed by atoms with Crippen LogP contribution in [0.3, 0.4) is 0 Å².